The third kappa shape index (κ3) is 2.58. The van der Waals surface area contributed by atoms with Crippen molar-refractivity contribution in [2.24, 2.45) is 5.92 Å². The van der Waals surface area contributed by atoms with Crippen LogP contribution in [0, 0.1) is 5.92 Å². The van der Waals surface area contributed by atoms with Crippen molar-refractivity contribution in [1.29, 1.82) is 0 Å². The molecule has 0 fully saturated rings. The van der Waals surface area contributed by atoms with E-state index in [1.54, 1.807) is 0 Å². The topological polar surface area (TPSA) is 12.0 Å². The van der Waals surface area contributed by atoms with Gasteiger partial charge >= 0.3 is 0 Å². The zero-order valence-electron chi connectivity index (χ0n) is 10.3. The van der Waals surface area contributed by atoms with E-state index in [2.05, 4.69) is 38.2 Å². The van der Waals surface area contributed by atoms with Gasteiger partial charge in [0.25, 0.3) is 0 Å². The van der Waals surface area contributed by atoms with Crippen LogP contribution in [0.15, 0.2) is 18.2 Å². The van der Waals surface area contributed by atoms with E-state index in [0.717, 1.165) is 17.9 Å². The molecule has 0 aliphatic heterocycles. The highest BCUT2D eigenvalue weighted by atomic mass is 35.5. The van der Waals surface area contributed by atoms with Gasteiger partial charge in [-0.05, 0) is 48.9 Å². The van der Waals surface area contributed by atoms with Gasteiger partial charge in [0.1, 0.15) is 0 Å². The largest absolute Gasteiger partial charge is 0.311 e. The van der Waals surface area contributed by atoms with Crippen molar-refractivity contribution in [3.05, 3.63) is 34.3 Å². The summed E-state index contributed by atoms with van der Waals surface area (Å²) in [7, 11) is 0. The third-order valence-corrected chi connectivity index (χ3v) is 3.83. The Morgan fingerprint density at radius 3 is 2.56 bits per heavy atom. The maximum Gasteiger partial charge on any atom is 0.0408 e. The van der Waals surface area contributed by atoms with E-state index in [1.807, 2.05) is 6.07 Å². The van der Waals surface area contributed by atoms with Crippen LogP contribution in [0.5, 0.6) is 0 Å². The van der Waals surface area contributed by atoms with Crippen LogP contribution < -0.4 is 5.32 Å². The van der Waals surface area contributed by atoms with Crippen molar-refractivity contribution in [2.75, 3.05) is 0 Å². The van der Waals surface area contributed by atoms with E-state index < -0.39 is 0 Å². The van der Waals surface area contributed by atoms with Gasteiger partial charge in [0.15, 0.2) is 0 Å². The molecular weight excluding hydrogens is 218 g/mol. The monoisotopic (exact) mass is 237 g/mol. The average Bonchev–Trinajstić information content (AvgIpc) is 2.58. The Balaban J connectivity index is 2.00. The van der Waals surface area contributed by atoms with Crippen LogP contribution in [0.25, 0.3) is 0 Å². The number of hydrogen-bond acceptors (Lipinski definition) is 1. The molecule has 2 atom stereocenters. The second-order valence-corrected chi connectivity index (χ2v) is 5.65. The maximum absolute atomic E-state index is 6.01. The van der Waals surface area contributed by atoms with Gasteiger partial charge < -0.3 is 5.32 Å². The third-order valence-electron chi connectivity index (χ3n) is 3.60. The van der Waals surface area contributed by atoms with Gasteiger partial charge in [0, 0.05) is 17.1 Å². The number of nitrogens with one attached hydrogen (secondary N) is 1. The summed E-state index contributed by atoms with van der Waals surface area (Å²) >= 11 is 6.01. The van der Waals surface area contributed by atoms with E-state index in [4.69, 9.17) is 11.6 Å². The molecule has 1 aromatic carbocycles. The molecule has 2 heteroatoms. The fraction of sp³-hybridized carbons (Fsp3) is 0.571. The van der Waals surface area contributed by atoms with E-state index in [0.29, 0.717) is 18.0 Å². The van der Waals surface area contributed by atoms with E-state index >= 15 is 0 Å². The van der Waals surface area contributed by atoms with Crippen molar-refractivity contribution in [1.82, 2.24) is 5.32 Å². The molecule has 2 rings (SSSR count). The van der Waals surface area contributed by atoms with Crippen molar-refractivity contribution in [3.63, 3.8) is 0 Å². The lowest BCUT2D eigenvalue weighted by molar-refractivity contribution is 0.377. The van der Waals surface area contributed by atoms with Gasteiger partial charge in [-0.3, -0.25) is 0 Å². The van der Waals surface area contributed by atoms with Crippen molar-refractivity contribution in [2.45, 2.75) is 45.7 Å². The maximum atomic E-state index is 6.01. The average molecular weight is 238 g/mol. The molecule has 1 N–H and O–H groups in total. The zero-order chi connectivity index (χ0) is 11.7. The molecule has 1 aliphatic rings. The number of hydrogen-bond donors (Lipinski definition) is 1. The minimum Gasteiger partial charge on any atom is -0.311 e. The minimum atomic E-state index is 0.579. The van der Waals surface area contributed by atoms with Crippen molar-refractivity contribution in [3.8, 4) is 0 Å². The number of halogens is 1. The molecule has 0 spiro atoms. The summed E-state index contributed by atoms with van der Waals surface area (Å²) < 4.78 is 0. The van der Waals surface area contributed by atoms with Crippen LogP contribution in [-0.2, 0) is 12.8 Å². The molecule has 0 radical (unpaired) electrons. The zero-order valence-corrected chi connectivity index (χ0v) is 11.0. The first-order valence-corrected chi connectivity index (χ1v) is 6.47. The number of benzene rings is 1. The Hall–Kier alpha value is -0.530. The molecule has 0 aromatic heterocycles. The lowest BCUT2D eigenvalue weighted by Gasteiger charge is -2.22. The summed E-state index contributed by atoms with van der Waals surface area (Å²) in [4.78, 5) is 0. The summed E-state index contributed by atoms with van der Waals surface area (Å²) in [5.41, 5.74) is 2.87. The lowest BCUT2D eigenvalue weighted by Crippen LogP contribution is -2.39. The molecule has 1 nitrogen and oxygen atoms in total. The first kappa shape index (κ1) is 11.9. The molecule has 0 bridgehead atoms. The van der Waals surface area contributed by atoms with Crippen LogP contribution in [-0.4, -0.2) is 12.1 Å². The van der Waals surface area contributed by atoms with Crippen LogP contribution in [0.1, 0.15) is 31.9 Å². The highest BCUT2D eigenvalue weighted by Gasteiger charge is 2.23. The van der Waals surface area contributed by atoms with E-state index in [9.17, 15) is 0 Å². The van der Waals surface area contributed by atoms with Crippen molar-refractivity contribution >= 4 is 11.6 Å². The highest BCUT2D eigenvalue weighted by Crippen LogP contribution is 2.25. The standard InChI is InChI=1S/C14H20ClN/c1-9(2)10(3)16-14-7-11-4-5-13(15)6-12(11)8-14/h4-6,9-10,14,16H,7-8H2,1-3H3. The second-order valence-electron chi connectivity index (χ2n) is 5.22. The highest BCUT2D eigenvalue weighted by molar-refractivity contribution is 6.30. The normalized spacial score (nSPS) is 21.2. The first-order valence-electron chi connectivity index (χ1n) is 6.09. The summed E-state index contributed by atoms with van der Waals surface area (Å²) in [6.07, 6.45) is 2.26. The fourth-order valence-electron chi connectivity index (χ4n) is 2.27. The Labute approximate surface area is 103 Å². The summed E-state index contributed by atoms with van der Waals surface area (Å²) in [5.74, 6) is 0.687. The van der Waals surface area contributed by atoms with Gasteiger partial charge in [0.2, 0.25) is 0 Å². The van der Waals surface area contributed by atoms with E-state index in [-0.39, 0.29) is 0 Å². The van der Waals surface area contributed by atoms with Gasteiger partial charge in [-0.25, -0.2) is 0 Å². The van der Waals surface area contributed by atoms with Gasteiger partial charge in [0.05, 0.1) is 0 Å². The van der Waals surface area contributed by atoms with Crippen LogP contribution >= 0.6 is 11.6 Å². The smallest absolute Gasteiger partial charge is 0.0408 e. The molecule has 1 aliphatic carbocycles. The minimum absolute atomic E-state index is 0.579. The lowest BCUT2D eigenvalue weighted by atomic mass is 10.0. The SMILES string of the molecule is CC(C)C(C)NC1Cc2ccc(Cl)cc2C1. The molecule has 2 unspecified atom stereocenters. The molecule has 0 saturated heterocycles. The van der Waals surface area contributed by atoms with Gasteiger partial charge in [-0.1, -0.05) is 31.5 Å². The van der Waals surface area contributed by atoms with Crippen LogP contribution in [0.4, 0.5) is 0 Å². The first-order chi connectivity index (χ1) is 7.56. The summed E-state index contributed by atoms with van der Waals surface area (Å²) in [5, 5.41) is 4.56. The molecular formula is C14H20ClN. The second kappa shape index (κ2) is 4.77. The Morgan fingerprint density at radius 2 is 1.88 bits per heavy atom. The fourth-order valence-corrected chi connectivity index (χ4v) is 2.46. The number of rotatable bonds is 3. The van der Waals surface area contributed by atoms with Crippen LogP contribution in [0.3, 0.4) is 0 Å². The van der Waals surface area contributed by atoms with Crippen LogP contribution in [0.2, 0.25) is 5.02 Å². The Kier molecular flexibility index (Phi) is 3.56. The van der Waals surface area contributed by atoms with Gasteiger partial charge in [-0.15, -0.1) is 0 Å². The predicted octanol–water partition coefficient (Wildman–Crippen LogP) is 3.44. The Bertz CT molecular complexity index is 373. The number of fused-ring (bicyclic) bond motifs is 1. The quantitative estimate of drug-likeness (QED) is 0.849. The molecule has 0 saturated carbocycles. The summed E-state index contributed by atoms with van der Waals surface area (Å²) in [6.45, 7) is 6.79. The van der Waals surface area contributed by atoms with E-state index in [1.165, 1.54) is 11.1 Å². The summed E-state index contributed by atoms with van der Waals surface area (Å²) in [6, 6.07) is 7.44. The molecule has 0 heterocycles. The predicted molar refractivity (Wildman–Crippen MR) is 70.1 cm³/mol. The van der Waals surface area contributed by atoms with Gasteiger partial charge in [-0.2, -0.15) is 0 Å². The molecule has 16 heavy (non-hydrogen) atoms. The molecule has 88 valence electrons. The van der Waals surface area contributed by atoms with Crippen molar-refractivity contribution < 1.29 is 0 Å². The molecule has 1 aromatic rings. The molecule has 0 amide bonds. The Morgan fingerprint density at radius 1 is 1.19 bits per heavy atom.